The molecule has 0 unspecified atom stereocenters. The molecular formula is C31H34ClFN2O5Si. The van der Waals surface area contributed by atoms with Crippen LogP contribution in [-0.4, -0.2) is 45.1 Å². The summed E-state index contributed by atoms with van der Waals surface area (Å²) in [6.07, 6.45) is -0.324. The van der Waals surface area contributed by atoms with Crippen molar-refractivity contribution in [1.29, 1.82) is 0 Å². The molecule has 0 aromatic heterocycles. The summed E-state index contributed by atoms with van der Waals surface area (Å²) in [5, 5.41) is 13.1. The lowest BCUT2D eigenvalue weighted by Gasteiger charge is -2.31. The van der Waals surface area contributed by atoms with Gasteiger partial charge in [-0.05, 0) is 79.7 Å². The van der Waals surface area contributed by atoms with Crippen molar-refractivity contribution in [2.45, 2.75) is 50.2 Å². The van der Waals surface area contributed by atoms with E-state index in [9.17, 15) is 14.7 Å². The van der Waals surface area contributed by atoms with Crippen LogP contribution in [-0.2, 0) is 21.7 Å². The quantitative estimate of drug-likeness (QED) is 0.235. The first kappa shape index (κ1) is 29.3. The number of ether oxygens (including phenoxy) is 2. The minimum Gasteiger partial charge on any atom is -0.497 e. The van der Waals surface area contributed by atoms with Crippen LogP contribution in [0.15, 0.2) is 66.7 Å². The Morgan fingerprint density at radius 1 is 1.15 bits per heavy atom. The predicted molar refractivity (Wildman–Crippen MR) is 160 cm³/mol. The fourth-order valence-corrected chi connectivity index (χ4v) is 9.11. The highest BCUT2D eigenvalue weighted by Gasteiger charge is 2.66. The maximum absolute atomic E-state index is 15.6. The second-order valence-corrected chi connectivity index (χ2v) is 15.4. The maximum atomic E-state index is 15.6. The Labute approximate surface area is 245 Å². The summed E-state index contributed by atoms with van der Waals surface area (Å²) in [6, 6.07) is 19.4. The number of rotatable bonds is 8. The number of benzene rings is 3. The first-order valence-corrected chi connectivity index (χ1v) is 17.0. The van der Waals surface area contributed by atoms with E-state index in [1.165, 1.54) is 0 Å². The van der Waals surface area contributed by atoms with Crippen LogP contribution in [0.25, 0.3) is 0 Å². The van der Waals surface area contributed by atoms with Gasteiger partial charge in [0.1, 0.15) is 5.75 Å². The summed E-state index contributed by atoms with van der Waals surface area (Å²) in [5.41, 5.74) is 1.41. The number of carbonyl (C=O) groups excluding carboxylic acids is 2. The van der Waals surface area contributed by atoms with Crippen molar-refractivity contribution in [1.82, 2.24) is 0 Å². The van der Waals surface area contributed by atoms with Crippen LogP contribution in [0.4, 0.5) is 15.5 Å². The van der Waals surface area contributed by atoms with Crippen LogP contribution in [0.5, 0.6) is 5.75 Å². The third-order valence-corrected chi connectivity index (χ3v) is 10.9. The molecule has 7 nitrogen and oxygen atoms in total. The van der Waals surface area contributed by atoms with E-state index in [0.29, 0.717) is 33.3 Å². The number of hydrogen-bond acceptors (Lipinski definition) is 5. The molecule has 2 heterocycles. The van der Waals surface area contributed by atoms with Crippen molar-refractivity contribution in [2.24, 2.45) is 5.92 Å². The topological polar surface area (TPSA) is 88.1 Å². The van der Waals surface area contributed by atoms with E-state index in [1.54, 1.807) is 79.7 Å². The number of methoxy groups -OCH3 is 1. The minimum atomic E-state index is -3.27. The number of halogens is 2. The number of nitrogens with zero attached hydrogens (tertiary/aromatic N) is 1. The van der Waals surface area contributed by atoms with E-state index in [1.807, 2.05) is 19.1 Å². The summed E-state index contributed by atoms with van der Waals surface area (Å²) in [7, 11) is -1.70. The van der Waals surface area contributed by atoms with Gasteiger partial charge in [0.2, 0.25) is 8.41 Å². The number of aliphatic hydroxyl groups excluding tert-OH is 1. The lowest BCUT2D eigenvalue weighted by molar-refractivity contribution is -0.146. The Kier molecular flexibility index (Phi) is 8.00. The van der Waals surface area contributed by atoms with Gasteiger partial charge in [0, 0.05) is 39.9 Å². The van der Waals surface area contributed by atoms with E-state index in [-0.39, 0.29) is 31.4 Å². The molecule has 2 N–H and O–H groups in total. The summed E-state index contributed by atoms with van der Waals surface area (Å²) < 4.78 is 27.3. The van der Waals surface area contributed by atoms with Crippen molar-refractivity contribution in [3.8, 4) is 5.75 Å². The number of anilines is 2. The minimum absolute atomic E-state index is 0.157. The van der Waals surface area contributed by atoms with E-state index in [0.717, 1.165) is 5.56 Å². The highest BCUT2D eigenvalue weighted by Crippen LogP contribution is 2.60. The number of carbonyl (C=O) groups is 2. The molecule has 1 saturated heterocycles. The number of hydrogen-bond donors (Lipinski definition) is 2. The first-order chi connectivity index (χ1) is 19.5. The molecule has 2 aliphatic rings. The fourth-order valence-electron chi connectivity index (χ4n) is 6.40. The average molecular weight is 597 g/mol. The molecule has 2 amide bonds. The molecule has 5 rings (SSSR count). The van der Waals surface area contributed by atoms with Gasteiger partial charge in [0.15, 0.2) is 5.60 Å². The Morgan fingerprint density at radius 3 is 2.44 bits per heavy atom. The SMILES string of the molecule is COc1ccc(C(=O)Nc2ccc(CN3C(=O)[C@@]4(O[C@@H](CCO)[C@H]([Si](C)(C)F)[C@H]4C)c4cc(Cl)ccc43)cc2)cc1. The van der Waals surface area contributed by atoms with Crippen molar-refractivity contribution in [3.63, 3.8) is 0 Å². The van der Waals surface area contributed by atoms with Gasteiger partial charge in [-0.15, -0.1) is 0 Å². The predicted octanol–water partition coefficient (Wildman–Crippen LogP) is 6.31. The molecule has 10 heteroatoms. The second kappa shape index (κ2) is 11.2. The molecule has 1 spiro atoms. The second-order valence-electron chi connectivity index (χ2n) is 11.2. The van der Waals surface area contributed by atoms with Gasteiger partial charge in [-0.3, -0.25) is 9.59 Å². The van der Waals surface area contributed by atoms with E-state index < -0.39 is 31.6 Å². The van der Waals surface area contributed by atoms with Gasteiger partial charge < -0.3 is 28.9 Å². The zero-order chi connectivity index (χ0) is 29.5. The highest BCUT2D eigenvalue weighted by molar-refractivity contribution is 6.72. The summed E-state index contributed by atoms with van der Waals surface area (Å²) in [4.78, 5) is 28.6. The zero-order valence-electron chi connectivity index (χ0n) is 23.5. The van der Waals surface area contributed by atoms with Gasteiger partial charge in [-0.25, -0.2) is 0 Å². The molecule has 0 radical (unpaired) electrons. The Bertz CT molecular complexity index is 1450. The molecule has 216 valence electrons. The maximum Gasteiger partial charge on any atom is 0.264 e. The molecule has 3 aromatic carbocycles. The van der Waals surface area contributed by atoms with Gasteiger partial charge >= 0.3 is 0 Å². The number of aliphatic hydroxyl groups is 1. The molecule has 3 aromatic rings. The van der Waals surface area contributed by atoms with Crippen molar-refractivity contribution >= 4 is 43.2 Å². The van der Waals surface area contributed by atoms with Crippen molar-refractivity contribution < 1.29 is 28.3 Å². The van der Waals surface area contributed by atoms with Crippen LogP contribution in [0, 0.1) is 5.92 Å². The Balaban J connectivity index is 1.40. The van der Waals surface area contributed by atoms with E-state index in [4.69, 9.17) is 21.1 Å². The van der Waals surface area contributed by atoms with Crippen LogP contribution >= 0.6 is 11.6 Å². The van der Waals surface area contributed by atoms with Crippen LogP contribution in [0.3, 0.4) is 0 Å². The molecule has 4 atom stereocenters. The third-order valence-electron chi connectivity index (χ3n) is 8.24. The van der Waals surface area contributed by atoms with Crippen molar-refractivity contribution in [3.05, 3.63) is 88.4 Å². The Hall–Kier alpha value is -3.24. The highest BCUT2D eigenvalue weighted by atomic mass is 35.5. The van der Waals surface area contributed by atoms with Crippen LogP contribution in [0.1, 0.15) is 34.8 Å². The lowest BCUT2D eigenvalue weighted by Crippen LogP contribution is -2.45. The van der Waals surface area contributed by atoms with Gasteiger partial charge in [-0.1, -0.05) is 30.7 Å². The molecular weight excluding hydrogens is 563 g/mol. The first-order valence-electron chi connectivity index (χ1n) is 13.6. The lowest BCUT2D eigenvalue weighted by atomic mass is 9.82. The van der Waals surface area contributed by atoms with Gasteiger partial charge in [0.05, 0.1) is 25.4 Å². The van der Waals surface area contributed by atoms with E-state index in [2.05, 4.69) is 5.32 Å². The number of fused-ring (bicyclic) bond motifs is 2. The molecule has 0 saturated carbocycles. The summed E-state index contributed by atoms with van der Waals surface area (Å²) >= 11 is 6.40. The number of amides is 2. The third kappa shape index (κ3) is 5.27. The average Bonchev–Trinajstić information content (AvgIpc) is 3.36. The molecule has 0 bridgehead atoms. The van der Waals surface area contributed by atoms with Crippen LogP contribution in [0.2, 0.25) is 23.7 Å². The van der Waals surface area contributed by atoms with Gasteiger partial charge in [-0.2, -0.15) is 0 Å². The summed E-state index contributed by atoms with van der Waals surface area (Å²) in [6.45, 7) is 5.24. The fraction of sp³-hybridized carbons (Fsp3) is 0.355. The Morgan fingerprint density at radius 2 is 1.83 bits per heavy atom. The van der Waals surface area contributed by atoms with Gasteiger partial charge in [0.25, 0.3) is 11.8 Å². The monoisotopic (exact) mass is 596 g/mol. The van der Waals surface area contributed by atoms with E-state index >= 15 is 4.11 Å². The smallest absolute Gasteiger partial charge is 0.264 e. The zero-order valence-corrected chi connectivity index (χ0v) is 25.2. The van der Waals surface area contributed by atoms with Crippen molar-refractivity contribution in [2.75, 3.05) is 23.9 Å². The molecule has 41 heavy (non-hydrogen) atoms. The largest absolute Gasteiger partial charge is 0.497 e. The number of nitrogens with one attached hydrogen (secondary N) is 1. The standard InChI is InChI=1S/C31H34ClFN2O5Si/c1-19-28(41(3,4)33)27(15-16-36)40-31(19)25-17-22(32)9-14-26(25)35(30(31)38)18-20-5-10-23(11-6-20)34-29(37)21-7-12-24(39-2)13-8-21/h5-14,17,19,27-28,36H,15-16,18H2,1-4H3,(H,34,37)/t19-,27+,28-,31+/m1/s1. The molecule has 2 aliphatic heterocycles. The summed E-state index contributed by atoms with van der Waals surface area (Å²) in [5.74, 6) is -0.291. The van der Waals surface area contributed by atoms with Crippen LogP contribution < -0.4 is 15.0 Å². The molecule has 0 aliphatic carbocycles. The molecule has 1 fully saturated rings. The normalized spacial score (nSPS) is 23.6.